The van der Waals surface area contributed by atoms with Crippen LogP contribution in [-0.2, 0) is 4.84 Å². The van der Waals surface area contributed by atoms with Gasteiger partial charge in [0.1, 0.15) is 11.5 Å². The van der Waals surface area contributed by atoms with E-state index in [-0.39, 0.29) is 17.5 Å². The zero-order chi connectivity index (χ0) is 15.8. The molecule has 114 valence electrons. The number of hydrogen-bond acceptors (Lipinski definition) is 4. The standard InChI is InChI=1S/C18H19NO3/c1-22-19-16(12-10-14-6-2-4-8-17(14)20)13-11-15-7-3-5-9-18(15)21/h2-13,16,19-21H,1H3/b12-10+,13-11+. The van der Waals surface area contributed by atoms with Gasteiger partial charge in [0.25, 0.3) is 0 Å². The van der Waals surface area contributed by atoms with E-state index < -0.39 is 0 Å². The molecule has 2 aromatic rings. The highest BCUT2D eigenvalue weighted by Gasteiger charge is 2.01. The number of phenolic OH excluding ortho intramolecular Hbond substituents is 2. The lowest BCUT2D eigenvalue weighted by atomic mass is 10.1. The number of aromatic hydroxyl groups is 2. The summed E-state index contributed by atoms with van der Waals surface area (Å²) in [6.07, 6.45) is 7.33. The van der Waals surface area contributed by atoms with E-state index in [0.29, 0.717) is 0 Å². The second kappa shape index (κ2) is 8.02. The van der Waals surface area contributed by atoms with E-state index in [4.69, 9.17) is 4.84 Å². The molecule has 0 aliphatic carbocycles. The predicted octanol–water partition coefficient (Wildman–Crippen LogP) is 3.34. The first-order valence-electron chi connectivity index (χ1n) is 6.91. The monoisotopic (exact) mass is 297 g/mol. The highest BCUT2D eigenvalue weighted by atomic mass is 16.6. The van der Waals surface area contributed by atoms with Gasteiger partial charge in [0.15, 0.2) is 0 Å². The van der Waals surface area contributed by atoms with Gasteiger partial charge in [0.2, 0.25) is 0 Å². The molecule has 3 N–H and O–H groups in total. The van der Waals surface area contributed by atoms with E-state index in [9.17, 15) is 10.2 Å². The van der Waals surface area contributed by atoms with Crippen LogP contribution in [0, 0.1) is 0 Å². The second-order valence-electron chi connectivity index (χ2n) is 4.68. The van der Waals surface area contributed by atoms with E-state index >= 15 is 0 Å². The van der Waals surface area contributed by atoms with Crippen LogP contribution in [0.3, 0.4) is 0 Å². The second-order valence-corrected chi connectivity index (χ2v) is 4.68. The molecule has 0 atom stereocenters. The summed E-state index contributed by atoms with van der Waals surface area (Å²) in [5, 5.41) is 19.5. The highest BCUT2D eigenvalue weighted by molar-refractivity contribution is 5.60. The topological polar surface area (TPSA) is 61.7 Å². The van der Waals surface area contributed by atoms with Crippen LogP contribution >= 0.6 is 0 Å². The number of para-hydroxylation sites is 2. The Balaban J connectivity index is 2.13. The van der Waals surface area contributed by atoms with Crippen molar-refractivity contribution in [2.45, 2.75) is 6.04 Å². The van der Waals surface area contributed by atoms with Gasteiger partial charge in [-0.2, -0.15) is 5.48 Å². The molecule has 2 aromatic carbocycles. The molecule has 4 nitrogen and oxygen atoms in total. The smallest absolute Gasteiger partial charge is 0.122 e. The third-order valence-corrected chi connectivity index (χ3v) is 3.09. The molecule has 0 saturated carbocycles. The van der Waals surface area contributed by atoms with Gasteiger partial charge in [0.05, 0.1) is 13.2 Å². The van der Waals surface area contributed by atoms with Crippen molar-refractivity contribution in [3.8, 4) is 11.5 Å². The van der Waals surface area contributed by atoms with Crippen molar-refractivity contribution >= 4 is 12.2 Å². The molecule has 0 fully saturated rings. The minimum Gasteiger partial charge on any atom is -0.507 e. The average Bonchev–Trinajstić information content (AvgIpc) is 2.53. The molecule has 0 spiro atoms. The number of rotatable bonds is 6. The Bertz CT molecular complexity index is 609. The number of hydroxylamine groups is 1. The summed E-state index contributed by atoms with van der Waals surface area (Å²) >= 11 is 0. The lowest BCUT2D eigenvalue weighted by Gasteiger charge is -2.09. The fraction of sp³-hybridized carbons (Fsp3) is 0.111. The number of benzene rings is 2. The Morgan fingerprint density at radius 2 is 1.32 bits per heavy atom. The first-order valence-corrected chi connectivity index (χ1v) is 6.91. The third-order valence-electron chi connectivity index (χ3n) is 3.09. The van der Waals surface area contributed by atoms with Gasteiger partial charge < -0.3 is 15.1 Å². The van der Waals surface area contributed by atoms with Crippen molar-refractivity contribution < 1.29 is 15.1 Å². The number of phenols is 2. The fourth-order valence-electron chi connectivity index (χ4n) is 1.95. The Morgan fingerprint density at radius 3 is 1.73 bits per heavy atom. The summed E-state index contributed by atoms with van der Waals surface area (Å²) in [7, 11) is 1.54. The van der Waals surface area contributed by atoms with Gasteiger partial charge in [-0.3, -0.25) is 0 Å². The molecule has 0 aliphatic rings. The summed E-state index contributed by atoms with van der Waals surface area (Å²) in [4.78, 5) is 4.96. The van der Waals surface area contributed by atoms with Crippen LogP contribution in [0.25, 0.3) is 12.2 Å². The van der Waals surface area contributed by atoms with Crippen molar-refractivity contribution in [3.05, 3.63) is 71.8 Å². The van der Waals surface area contributed by atoms with Crippen LogP contribution in [-0.4, -0.2) is 23.4 Å². The van der Waals surface area contributed by atoms with Gasteiger partial charge in [-0.1, -0.05) is 60.7 Å². The maximum absolute atomic E-state index is 9.74. The van der Waals surface area contributed by atoms with Crippen LogP contribution in [0.4, 0.5) is 0 Å². The number of hydrogen-bond donors (Lipinski definition) is 3. The third kappa shape index (κ3) is 4.48. The normalized spacial score (nSPS) is 11.7. The van der Waals surface area contributed by atoms with Gasteiger partial charge in [-0.05, 0) is 12.1 Å². The lowest BCUT2D eigenvalue weighted by Crippen LogP contribution is -2.23. The minimum absolute atomic E-state index is 0.204. The summed E-state index contributed by atoms with van der Waals surface area (Å²) < 4.78 is 0. The molecular formula is C18H19NO3. The molecule has 0 aliphatic heterocycles. The Hall–Kier alpha value is -2.56. The fourth-order valence-corrected chi connectivity index (χ4v) is 1.95. The molecule has 0 heterocycles. The minimum atomic E-state index is -0.204. The number of nitrogens with one attached hydrogen (secondary N) is 1. The Labute approximate surface area is 130 Å². The van der Waals surface area contributed by atoms with Crippen molar-refractivity contribution in [2.24, 2.45) is 0 Å². The van der Waals surface area contributed by atoms with E-state index in [2.05, 4.69) is 5.48 Å². The molecule has 0 saturated heterocycles. The zero-order valence-corrected chi connectivity index (χ0v) is 12.3. The SMILES string of the molecule is CONC(/C=C/c1ccccc1O)/C=C/c1ccccc1O. The molecule has 0 bridgehead atoms. The molecule has 0 aromatic heterocycles. The molecule has 2 rings (SSSR count). The Morgan fingerprint density at radius 1 is 0.864 bits per heavy atom. The van der Waals surface area contributed by atoms with E-state index in [0.717, 1.165) is 11.1 Å². The molecule has 22 heavy (non-hydrogen) atoms. The zero-order valence-electron chi connectivity index (χ0n) is 12.3. The van der Waals surface area contributed by atoms with E-state index in [1.165, 1.54) is 7.11 Å². The Kier molecular flexibility index (Phi) is 5.77. The van der Waals surface area contributed by atoms with Gasteiger partial charge in [-0.15, -0.1) is 0 Å². The van der Waals surface area contributed by atoms with Crippen LogP contribution in [0.2, 0.25) is 0 Å². The van der Waals surface area contributed by atoms with Crippen molar-refractivity contribution in [1.82, 2.24) is 5.48 Å². The quantitative estimate of drug-likeness (QED) is 0.716. The maximum Gasteiger partial charge on any atom is 0.122 e. The molecular weight excluding hydrogens is 278 g/mol. The van der Waals surface area contributed by atoms with E-state index in [1.54, 1.807) is 36.4 Å². The van der Waals surface area contributed by atoms with Crippen molar-refractivity contribution in [3.63, 3.8) is 0 Å². The van der Waals surface area contributed by atoms with Crippen LogP contribution in [0.5, 0.6) is 11.5 Å². The van der Waals surface area contributed by atoms with Gasteiger partial charge in [0, 0.05) is 11.1 Å². The highest BCUT2D eigenvalue weighted by Crippen LogP contribution is 2.19. The largest absolute Gasteiger partial charge is 0.507 e. The molecule has 0 radical (unpaired) electrons. The van der Waals surface area contributed by atoms with Gasteiger partial charge >= 0.3 is 0 Å². The van der Waals surface area contributed by atoms with Crippen LogP contribution in [0.15, 0.2) is 60.7 Å². The lowest BCUT2D eigenvalue weighted by molar-refractivity contribution is 0.0851. The van der Waals surface area contributed by atoms with Crippen LogP contribution < -0.4 is 5.48 Å². The van der Waals surface area contributed by atoms with Crippen LogP contribution in [0.1, 0.15) is 11.1 Å². The molecule has 0 unspecified atom stereocenters. The average molecular weight is 297 g/mol. The first kappa shape index (κ1) is 15.8. The predicted molar refractivity (Wildman–Crippen MR) is 88.2 cm³/mol. The van der Waals surface area contributed by atoms with E-state index in [1.807, 2.05) is 36.4 Å². The van der Waals surface area contributed by atoms with Crippen molar-refractivity contribution in [1.29, 1.82) is 0 Å². The van der Waals surface area contributed by atoms with Crippen molar-refractivity contribution in [2.75, 3.05) is 7.11 Å². The summed E-state index contributed by atoms with van der Waals surface area (Å²) in [5.41, 5.74) is 4.27. The first-order chi connectivity index (χ1) is 10.7. The van der Waals surface area contributed by atoms with Gasteiger partial charge in [-0.25, -0.2) is 0 Å². The molecule has 0 amide bonds. The summed E-state index contributed by atoms with van der Waals surface area (Å²) in [5.74, 6) is 0.444. The maximum atomic E-state index is 9.74. The summed E-state index contributed by atoms with van der Waals surface area (Å²) in [6, 6.07) is 14.0. The summed E-state index contributed by atoms with van der Waals surface area (Å²) in [6.45, 7) is 0. The molecule has 4 heteroatoms.